The molecule has 0 unspecified atom stereocenters. The highest BCUT2D eigenvalue weighted by Crippen LogP contribution is 2.33. The first-order valence-electron chi connectivity index (χ1n) is 4.96. The van der Waals surface area contributed by atoms with Crippen LogP contribution in [-0.4, -0.2) is 10.1 Å². The number of hydrogen-bond donors (Lipinski definition) is 1. The minimum atomic E-state index is 0.204. The summed E-state index contributed by atoms with van der Waals surface area (Å²) in [5.74, 6) is 0.204. The number of aromatic hydroxyl groups is 1. The average Bonchev–Trinajstić information content (AvgIpc) is 2.72. The Bertz CT molecular complexity index is 612. The minimum Gasteiger partial charge on any atom is -0.506 e. The van der Waals surface area contributed by atoms with E-state index in [1.165, 1.54) is 16.3 Å². The van der Waals surface area contributed by atoms with Gasteiger partial charge in [0.2, 0.25) is 0 Å². The summed E-state index contributed by atoms with van der Waals surface area (Å²) < 4.78 is 1.25. The molecule has 2 aromatic heterocycles. The quantitative estimate of drug-likeness (QED) is 0.688. The molecule has 0 radical (unpaired) electrons. The van der Waals surface area contributed by atoms with Gasteiger partial charge in [-0.1, -0.05) is 18.2 Å². The van der Waals surface area contributed by atoms with Crippen LogP contribution in [0.2, 0.25) is 0 Å². The largest absolute Gasteiger partial charge is 0.506 e. The normalized spacial score (nSPS) is 10.8. The molecule has 0 aliphatic carbocycles. The maximum absolute atomic E-state index is 9.39. The highest BCUT2D eigenvalue weighted by Gasteiger charge is 2.04. The molecule has 0 spiro atoms. The van der Waals surface area contributed by atoms with E-state index in [2.05, 4.69) is 23.2 Å². The van der Waals surface area contributed by atoms with E-state index < -0.39 is 0 Å². The Hall–Kier alpha value is -1.87. The molecule has 0 amide bonds. The van der Waals surface area contributed by atoms with Crippen molar-refractivity contribution in [2.24, 2.45) is 0 Å². The van der Waals surface area contributed by atoms with Gasteiger partial charge in [-0.2, -0.15) is 0 Å². The summed E-state index contributed by atoms with van der Waals surface area (Å²) in [6, 6.07) is 12.1. The summed E-state index contributed by atoms with van der Waals surface area (Å²) in [6.07, 6.45) is 3.21. The van der Waals surface area contributed by atoms with Crippen molar-refractivity contribution < 1.29 is 5.11 Å². The number of fused-ring (bicyclic) bond motifs is 1. The Labute approximate surface area is 96.8 Å². The van der Waals surface area contributed by atoms with Gasteiger partial charge >= 0.3 is 0 Å². The predicted molar refractivity (Wildman–Crippen MR) is 66.7 cm³/mol. The van der Waals surface area contributed by atoms with Gasteiger partial charge in [-0.3, -0.25) is 4.98 Å². The molecule has 0 saturated carbocycles. The summed E-state index contributed by atoms with van der Waals surface area (Å²) in [6.45, 7) is 0. The zero-order valence-electron chi connectivity index (χ0n) is 8.42. The third-order valence-corrected chi connectivity index (χ3v) is 3.60. The van der Waals surface area contributed by atoms with E-state index >= 15 is 0 Å². The van der Waals surface area contributed by atoms with Crippen molar-refractivity contribution in [1.82, 2.24) is 4.98 Å². The number of thiophene rings is 1. The summed E-state index contributed by atoms with van der Waals surface area (Å²) in [5.41, 5.74) is 0.959. The third kappa shape index (κ3) is 1.55. The van der Waals surface area contributed by atoms with Crippen LogP contribution in [0.15, 0.2) is 48.8 Å². The number of rotatable bonds is 1. The van der Waals surface area contributed by atoms with Gasteiger partial charge in [0, 0.05) is 21.3 Å². The fraction of sp³-hybridized carbons (Fsp3) is 0. The van der Waals surface area contributed by atoms with Gasteiger partial charge in [-0.25, -0.2) is 0 Å². The summed E-state index contributed by atoms with van der Waals surface area (Å²) >= 11 is 1.71. The molecule has 1 aromatic carbocycles. The van der Waals surface area contributed by atoms with Crippen molar-refractivity contribution in [2.75, 3.05) is 0 Å². The van der Waals surface area contributed by atoms with Crippen LogP contribution in [0.3, 0.4) is 0 Å². The molecule has 3 heteroatoms. The van der Waals surface area contributed by atoms with Crippen molar-refractivity contribution in [3.8, 4) is 16.2 Å². The van der Waals surface area contributed by atoms with Crippen molar-refractivity contribution in [3.63, 3.8) is 0 Å². The Kier molecular flexibility index (Phi) is 2.11. The number of benzene rings is 1. The first-order valence-corrected chi connectivity index (χ1v) is 5.77. The van der Waals surface area contributed by atoms with E-state index in [0.29, 0.717) is 0 Å². The maximum Gasteiger partial charge on any atom is 0.134 e. The van der Waals surface area contributed by atoms with Gasteiger partial charge in [-0.05, 0) is 23.6 Å². The van der Waals surface area contributed by atoms with Gasteiger partial charge < -0.3 is 5.11 Å². The van der Waals surface area contributed by atoms with Gasteiger partial charge in [0.25, 0.3) is 0 Å². The van der Waals surface area contributed by atoms with Gasteiger partial charge in [0.15, 0.2) is 0 Å². The lowest BCUT2D eigenvalue weighted by Crippen LogP contribution is -1.74. The van der Waals surface area contributed by atoms with Crippen LogP contribution in [-0.2, 0) is 0 Å². The van der Waals surface area contributed by atoms with Crippen LogP contribution in [0.5, 0.6) is 5.75 Å². The fourth-order valence-corrected chi connectivity index (χ4v) is 2.73. The van der Waals surface area contributed by atoms with E-state index in [4.69, 9.17) is 0 Å². The fourth-order valence-electron chi connectivity index (χ4n) is 1.69. The van der Waals surface area contributed by atoms with Gasteiger partial charge in [0.05, 0.1) is 6.20 Å². The summed E-state index contributed by atoms with van der Waals surface area (Å²) in [5, 5.41) is 10.6. The standard InChI is InChI=1S/C13H9NOS/c15-11-5-10(7-14-8-11)13-6-9-3-1-2-4-12(9)16-13/h1-8,15H. The molecule has 78 valence electrons. The Morgan fingerprint density at radius 1 is 1.06 bits per heavy atom. The van der Waals surface area contributed by atoms with Crippen LogP contribution in [0, 0.1) is 0 Å². The Balaban J connectivity index is 2.19. The zero-order chi connectivity index (χ0) is 11.0. The van der Waals surface area contributed by atoms with E-state index in [0.717, 1.165) is 10.4 Å². The lowest BCUT2D eigenvalue weighted by molar-refractivity contribution is 0.473. The van der Waals surface area contributed by atoms with Gasteiger partial charge in [0.1, 0.15) is 5.75 Å². The molecule has 0 bridgehead atoms. The van der Waals surface area contributed by atoms with E-state index in [1.54, 1.807) is 23.6 Å². The third-order valence-electron chi connectivity index (χ3n) is 2.43. The molecule has 2 nitrogen and oxygen atoms in total. The molecule has 0 aliphatic rings. The molecule has 16 heavy (non-hydrogen) atoms. The maximum atomic E-state index is 9.39. The smallest absolute Gasteiger partial charge is 0.134 e. The first kappa shape index (κ1) is 9.36. The summed E-state index contributed by atoms with van der Waals surface area (Å²) in [4.78, 5) is 5.12. The second-order valence-electron chi connectivity index (χ2n) is 3.58. The van der Waals surface area contributed by atoms with Crippen molar-refractivity contribution in [2.45, 2.75) is 0 Å². The molecule has 1 N–H and O–H groups in total. The van der Waals surface area contributed by atoms with Crippen molar-refractivity contribution in [1.29, 1.82) is 0 Å². The van der Waals surface area contributed by atoms with Crippen LogP contribution >= 0.6 is 11.3 Å². The highest BCUT2D eigenvalue weighted by atomic mass is 32.1. The molecule has 0 aliphatic heterocycles. The van der Waals surface area contributed by atoms with Crippen LogP contribution in [0.1, 0.15) is 0 Å². The topological polar surface area (TPSA) is 33.1 Å². The zero-order valence-corrected chi connectivity index (χ0v) is 9.24. The van der Waals surface area contributed by atoms with E-state index in [-0.39, 0.29) is 5.75 Å². The van der Waals surface area contributed by atoms with Crippen LogP contribution < -0.4 is 0 Å². The molecular weight excluding hydrogens is 218 g/mol. The molecule has 0 saturated heterocycles. The van der Waals surface area contributed by atoms with Crippen LogP contribution in [0.4, 0.5) is 0 Å². The average molecular weight is 227 g/mol. The Morgan fingerprint density at radius 3 is 2.75 bits per heavy atom. The Morgan fingerprint density at radius 2 is 1.94 bits per heavy atom. The molecule has 3 aromatic rings. The molecule has 3 rings (SSSR count). The monoisotopic (exact) mass is 227 g/mol. The summed E-state index contributed by atoms with van der Waals surface area (Å²) in [7, 11) is 0. The SMILES string of the molecule is Oc1cncc(-c2cc3ccccc3s2)c1. The second-order valence-corrected chi connectivity index (χ2v) is 4.66. The highest BCUT2D eigenvalue weighted by molar-refractivity contribution is 7.22. The van der Waals surface area contributed by atoms with E-state index in [1.807, 2.05) is 12.1 Å². The molecule has 0 atom stereocenters. The minimum absolute atomic E-state index is 0.204. The van der Waals surface area contributed by atoms with Crippen molar-refractivity contribution >= 4 is 21.4 Å². The number of aromatic nitrogens is 1. The van der Waals surface area contributed by atoms with Gasteiger partial charge in [-0.15, -0.1) is 11.3 Å². The number of nitrogens with zero attached hydrogens (tertiary/aromatic N) is 1. The molecule has 2 heterocycles. The predicted octanol–water partition coefficient (Wildman–Crippen LogP) is 3.67. The lowest BCUT2D eigenvalue weighted by Gasteiger charge is -1.96. The van der Waals surface area contributed by atoms with Crippen LogP contribution in [0.25, 0.3) is 20.5 Å². The number of hydrogen-bond acceptors (Lipinski definition) is 3. The van der Waals surface area contributed by atoms with E-state index in [9.17, 15) is 5.11 Å². The lowest BCUT2D eigenvalue weighted by atomic mass is 10.2. The van der Waals surface area contributed by atoms with Crippen molar-refractivity contribution in [3.05, 3.63) is 48.8 Å². The molecular formula is C13H9NOS. The second kappa shape index (κ2) is 3.61. The number of pyridine rings is 1. The first-order chi connectivity index (χ1) is 7.83. The molecule has 0 fully saturated rings.